The van der Waals surface area contributed by atoms with Crippen LogP contribution in [0.1, 0.15) is 16.1 Å². The first-order valence-corrected chi connectivity index (χ1v) is 6.71. The largest absolute Gasteiger partial charge is 0.321 e. The number of hydrogen-bond acceptors (Lipinski definition) is 2. The first-order chi connectivity index (χ1) is 10.2. The Balaban J connectivity index is 1.78. The molecule has 0 aliphatic carbocycles. The maximum absolute atomic E-state index is 12.2. The van der Waals surface area contributed by atoms with Crippen molar-refractivity contribution < 1.29 is 4.79 Å². The minimum Gasteiger partial charge on any atom is -0.321 e. The predicted molar refractivity (Wildman–Crippen MR) is 83.2 cm³/mol. The molecule has 0 bridgehead atoms. The molecule has 0 fully saturated rings. The predicted octanol–water partition coefficient (Wildman–Crippen LogP) is 3.64. The van der Waals surface area contributed by atoms with Gasteiger partial charge in [0.1, 0.15) is 0 Å². The van der Waals surface area contributed by atoms with E-state index in [0.29, 0.717) is 5.69 Å². The molecule has 1 heterocycles. The minimum absolute atomic E-state index is 0.223. The van der Waals surface area contributed by atoms with Crippen LogP contribution in [0.15, 0.2) is 60.7 Å². The van der Waals surface area contributed by atoms with Crippen LogP contribution in [0.3, 0.4) is 0 Å². The molecule has 21 heavy (non-hydrogen) atoms. The maximum atomic E-state index is 12.2. The summed E-state index contributed by atoms with van der Waals surface area (Å²) in [6.45, 7) is 1.98. The molecule has 0 saturated carbocycles. The lowest BCUT2D eigenvalue weighted by Gasteiger charge is -2.03. The van der Waals surface area contributed by atoms with Gasteiger partial charge in [-0.1, -0.05) is 42.5 Å². The van der Waals surface area contributed by atoms with Crippen LogP contribution in [-0.2, 0) is 0 Å². The average Bonchev–Trinajstić information content (AvgIpc) is 2.98. The molecule has 0 radical (unpaired) electrons. The fraction of sp³-hybridized carbons (Fsp3) is 0.0588. The van der Waals surface area contributed by atoms with Crippen LogP contribution in [0.2, 0.25) is 0 Å². The highest BCUT2D eigenvalue weighted by Gasteiger charge is 2.11. The maximum Gasteiger partial charge on any atom is 0.276 e. The molecule has 0 unspecified atom stereocenters. The van der Waals surface area contributed by atoms with Gasteiger partial charge in [0.2, 0.25) is 0 Å². The Morgan fingerprint density at radius 2 is 1.86 bits per heavy atom. The van der Waals surface area contributed by atoms with E-state index in [2.05, 4.69) is 15.5 Å². The molecule has 0 spiro atoms. The van der Waals surface area contributed by atoms with Crippen LogP contribution in [0.4, 0.5) is 5.69 Å². The fourth-order valence-electron chi connectivity index (χ4n) is 2.12. The lowest BCUT2D eigenvalue weighted by atomic mass is 10.1. The summed E-state index contributed by atoms with van der Waals surface area (Å²) in [6, 6.07) is 19.2. The third-order valence-electron chi connectivity index (χ3n) is 3.17. The summed E-state index contributed by atoms with van der Waals surface area (Å²) < 4.78 is 0. The van der Waals surface area contributed by atoms with Crippen LogP contribution >= 0.6 is 0 Å². The molecule has 0 atom stereocenters. The van der Waals surface area contributed by atoms with E-state index >= 15 is 0 Å². The standard InChI is InChI=1S/C17H15N3O/c1-12-6-5-9-14(10-12)18-17(21)16-11-15(19-20-16)13-7-3-2-4-8-13/h2-11H,1H3,(H,18,21)(H,19,20). The van der Waals surface area contributed by atoms with Crippen molar-refractivity contribution in [3.8, 4) is 11.3 Å². The van der Waals surface area contributed by atoms with E-state index in [9.17, 15) is 4.79 Å². The van der Waals surface area contributed by atoms with Crippen LogP contribution in [0, 0.1) is 6.92 Å². The normalized spacial score (nSPS) is 10.3. The Kier molecular flexibility index (Phi) is 3.51. The molecule has 1 amide bonds. The van der Waals surface area contributed by atoms with Gasteiger partial charge in [-0.3, -0.25) is 9.89 Å². The number of rotatable bonds is 3. The Bertz CT molecular complexity index is 762. The minimum atomic E-state index is -0.223. The zero-order chi connectivity index (χ0) is 14.7. The lowest BCUT2D eigenvalue weighted by molar-refractivity contribution is 0.102. The zero-order valence-corrected chi connectivity index (χ0v) is 11.6. The molecule has 0 saturated heterocycles. The number of hydrogen-bond donors (Lipinski definition) is 2. The van der Waals surface area contributed by atoms with E-state index in [-0.39, 0.29) is 5.91 Å². The molecule has 104 valence electrons. The van der Waals surface area contributed by atoms with Crippen molar-refractivity contribution in [3.63, 3.8) is 0 Å². The summed E-state index contributed by atoms with van der Waals surface area (Å²) in [4.78, 5) is 12.2. The van der Waals surface area contributed by atoms with E-state index in [0.717, 1.165) is 22.5 Å². The number of amides is 1. The van der Waals surface area contributed by atoms with Crippen LogP contribution in [-0.4, -0.2) is 16.1 Å². The van der Waals surface area contributed by atoms with Gasteiger partial charge in [0, 0.05) is 5.69 Å². The van der Waals surface area contributed by atoms with Gasteiger partial charge in [0.15, 0.2) is 5.69 Å². The first kappa shape index (κ1) is 13.1. The molecule has 2 N–H and O–H groups in total. The Morgan fingerprint density at radius 1 is 1.05 bits per heavy atom. The Labute approximate surface area is 122 Å². The number of aromatic nitrogens is 2. The monoisotopic (exact) mass is 277 g/mol. The SMILES string of the molecule is Cc1cccc(NC(=O)c2cc(-c3ccccc3)[nH]n2)c1. The van der Waals surface area contributed by atoms with Gasteiger partial charge in [-0.05, 0) is 36.2 Å². The van der Waals surface area contributed by atoms with Crippen LogP contribution in [0.5, 0.6) is 0 Å². The smallest absolute Gasteiger partial charge is 0.276 e. The number of H-pyrrole nitrogens is 1. The van der Waals surface area contributed by atoms with Gasteiger partial charge in [0.05, 0.1) is 5.69 Å². The average molecular weight is 277 g/mol. The molecule has 0 aliphatic heterocycles. The van der Waals surface area contributed by atoms with Gasteiger partial charge >= 0.3 is 0 Å². The van der Waals surface area contributed by atoms with Crippen molar-refractivity contribution in [3.05, 3.63) is 71.9 Å². The molecular weight excluding hydrogens is 262 g/mol. The second-order valence-electron chi connectivity index (χ2n) is 4.86. The summed E-state index contributed by atoms with van der Waals surface area (Å²) in [6.07, 6.45) is 0. The molecule has 3 aromatic rings. The van der Waals surface area contributed by atoms with Gasteiger partial charge < -0.3 is 5.32 Å². The van der Waals surface area contributed by atoms with Gasteiger partial charge in [0.25, 0.3) is 5.91 Å². The second kappa shape index (κ2) is 5.63. The second-order valence-corrected chi connectivity index (χ2v) is 4.86. The third kappa shape index (κ3) is 3.00. The van der Waals surface area contributed by atoms with E-state index in [1.165, 1.54) is 0 Å². The molecule has 2 aromatic carbocycles. The quantitative estimate of drug-likeness (QED) is 0.768. The summed E-state index contributed by atoms with van der Waals surface area (Å²) in [7, 11) is 0. The zero-order valence-electron chi connectivity index (χ0n) is 11.6. The highest BCUT2D eigenvalue weighted by atomic mass is 16.1. The van der Waals surface area contributed by atoms with Gasteiger partial charge in [-0.2, -0.15) is 5.10 Å². The van der Waals surface area contributed by atoms with Crippen molar-refractivity contribution in [2.24, 2.45) is 0 Å². The topological polar surface area (TPSA) is 57.8 Å². The number of carbonyl (C=O) groups is 1. The van der Waals surface area contributed by atoms with Crippen LogP contribution < -0.4 is 5.32 Å². The van der Waals surface area contributed by atoms with E-state index in [1.807, 2.05) is 61.5 Å². The number of benzene rings is 2. The summed E-state index contributed by atoms with van der Waals surface area (Å²) in [5.41, 5.74) is 4.06. The van der Waals surface area contributed by atoms with E-state index in [4.69, 9.17) is 0 Å². The van der Waals surface area contributed by atoms with E-state index < -0.39 is 0 Å². The first-order valence-electron chi connectivity index (χ1n) is 6.71. The number of anilines is 1. The molecule has 1 aromatic heterocycles. The summed E-state index contributed by atoms with van der Waals surface area (Å²) >= 11 is 0. The Morgan fingerprint density at radius 3 is 2.62 bits per heavy atom. The van der Waals surface area contributed by atoms with Crippen molar-refractivity contribution in [2.45, 2.75) is 6.92 Å². The van der Waals surface area contributed by atoms with Crippen molar-refractivity contribution >= 4 is 11.6 Å². The fourth-order valence-corrected chi connectivity index (χ4v) is 2.12. The highest BCUT2D eigenvalue weighted by molar-refractivity contribution is 6.03. The lowest BCUT2D eigenvalue weighted by Crippen LogP contribution is -2.12. The van der Waals surface area contributed by atoms with Crippen molar-refractivity contribution in [1.29, 1.82) is 0 Å². The molecule has 4 heteroatoms. The number of nitrogens with zero attached hydrogens (tertiary/aromatic N) is 1. The number of nitrogens with one attached hydrogen (secondary N) is 2. The summed E-state index contributed by atoms with van der Waals surface area (Å²) in [5.74, 6) is -0.223. The molecular formula is C17H15N3O. The molecule has 3 rings (SSSR count). The van der Waals surface area contributed by atoms with Crippen molar-refractivity contribution in [2.75, 3.05) is 5.32 Å². The summed E-state index contributed by atoms with van der Waals surface area (Å²) in [5, 5.41) is 9.81. The molecule has 0 aliphatic rings. The number of carbonyl (C=O) groups excluding carboxylic acids is 1. The number of aryl methyl sites for hydroxylation is 1. The number of aromatic amines is 1. The Hall–Kier alpha value is -2.88. The molecule has 4 nitrogen and oxygen atoms in total. The van der Waals surface area contributed by atoms with E-state index in [1.54, 1.807) is 6.07 Å². The van der Waals surface area contributed by atoms with Crippen LogP contribution in [0.25, 0.3) is 11.3 Å². The highest BCUT2D eigenvalue weighted by Crippen LogP contribution is 2.18. The van der Waals surface area contributed by atoms with Gasteiger partial charge in [-0.25, -0.2) is 0 Å². The van der Waals surface area contributed by atoms with Gasteiger partial charge in [-0.15, -0.1) is 0 Å². The van der Waals surface area contributed by atoms with Crippen molar-refractivity contribution in [1.82, 2.24) is 10.2 Å². The third-order valence-corrected chi connectivity index (χ3v) is 3.17.